The highest BCUT2D eigenvalue weighted by Gasteiger charge is 2.50. The Hall–Kier alpha value is -1.54. The van der Waals surface area contributed by atoms with Crippen molar-refractivity contribution >= 4 is 23.1 Å². The molecular weight excluding hydrogens is 328 g/mol. The van der Waals surface area contributed by atoms with E-state index in [1.54, 1.807) is 4.90 Å². The van der Waals surface area contributed by atoms with Crippen molar-refractivity contribution in [1.82, 2.24) is 9.80 Å². The Morgan fingerprint density at radius 1 is 1.17 bits per heavy atom. The first-order valence-corrected chi connectivity index (χ1v) is 8.63. The minimum absolute atomic E-state index is 0.0466. The number of carbonyl (C=O) groups excluding carboxylic acids is 1. The van der Waals surface area contributed by atoms with Crippen LogP contribution < -0.4 is 0 Å². The van der Waals surface area contributed by atoms with Gasteiger partial charge in [-0.1, -0.05) is 42.5 Å². The molecule has 1 aromatic carbocycles. The van der Waals surface area contributed by atoms with Gasteiger partial charge in [-0.25, -0.2) is 0 Å². The molecule has 3 atom stereocenters. The molecule has 3 fully saturated rings. The second kappa shape index (κ2) is 6.76. The summed E-state index contributed by atoms with van der Waals surface area (Å²) in [5.74, 6) is -0.0466. The average Bonchev–Trinajstić information content (AvgIpc) is 3.00. The summed E-state index contributed by atoms with van der Waals surface area (Å²) in [4.78, 5) is 17.3. The van der Waals surface area contributed by atoms with E-state index < -0.39 is 18.5 Å². The van der Waals surface area contributed by atoms with E-state index in [0.717, 1.165) is 0 Å². The van der Waals surface area contributed by atoms with E-state index in [1.807, 2.05) is 18.2 Å². The van der Waals surface area contributed by atoms with E-state index >= 15 is 0 Å². The van der Waals surface area contributed by atoms with Gasteiger partial charge in [-0.3, -0.25) is 4.79 Å². The van der Waals surface area contributed by atoms with Crippen molar-refractivity contribution in [1.29, 1.82) is 0 Å². The van der Waals surface area contributed by atoms with Crippen LogP contribution in [0, 0.1) is 0 Å². The molecule has 0 saturated carbocycles. The molecule has 4 rings (SSSR count). The van der Waals surface area contributed by atoms with Crippen molar-refractivity contribution in [2.75, 3.05) is 32.8 Å². The largest absolute Gasteiger partial charge is 0.378 e. The predicted molar refractivity (Wildman–Crippen MR) is 90.4 cm³/mol. The van der Waals surface area contributed by atoms with Gasteiger partial charge >= 0.3 is 0 Å². The van der Waals surface area contributed by atoms with E-state index in [1.165, 1.54) is 5.56 Å². The Bertz CT molecular complexity index is 620. The van der Waals surface area contributed by atoms with Crippen LogP contribution >= 0.6 is 12.2 Å². The molecule has 0 unspecified atom stereocenters. The summed E-state index contributed by atoms with van der Waals surface area (Å²) >= 11 is 5.60. The SMILES string of the molecule is O=C([C@@H]1O[C@@H]2CN(Cc3ccccc3)C(=S)[C@H]1O2)N1CCOCC1. The van der Waals surface area contributed by atoms with Gasteiger partial charge in [-0.15, -0.1) is 0 Å². The lowest BCUT2D eigenvalue weighted by Crippen LogP contribution is -2.52. The van der Waals surface area contributed by atoms with Crippen LogP contribution in [0.2, 0.25) is 0 Å². The van der Waals surface area contributed by atoms with Gasteiger partial charge in [-0.2, -0.15) is 0 Å². The van der Waals surface area contributed by atoms with Gasteiger partial charge in [0.25, 0.3) is 5.91 Å². The molecule has 24 heavy (non-hydrogen) atoms. The third-order valence-corrected chi connectivity index (χ3v) is 5.07. The van der Waals surface area contributed by atoms with Crippen LogP contribution in [0.25, 0.3) is 0 Å². The molecule has 0 N–H and O–H groups in total. The van der Waals surface area contributed by atoms with Gasteiger partial charge in [-0.05, 0) is 5.56 Å². The van der Waals surface area contributed by atoms with E-state index in [9.17, 15) is 4.79 Å². The number of carbonyl (C=O) groups is 1. The van der Waals surface area contributed by atoms with Gasteiger partial charge in [0, 0.05) is 19.6 Å². The molecule has 3 heterocycles. The summed E-state index contributed by atoms with van der Waals surface area (Å²) in [5, 5.41) is 0. The lowest BCUT2D eigenvalue weighted by Gasteiger charge is -2.34. The molecule has 128 valence electrons. The Morgan fingerprint density at radius 3 is 2.67 bits per heavy atom. The highest BCUT2D eigenvalue weighted by molar-refractivity contribution is 7.80. The number of rotatable bonds is 3. The first-order chi connectivity index (χ1) is 11.7. The fraction of sp³-hybridized carbons (Fsp3) is 0.529. The minimum Gasteiger partial charge on any atom is -0.378 e. The van der Waals surface area contributed by atoms with Crippen LogP contribution in [0.3, 0.4) is 0 Å². The van der Waals surface area contributed by atoms with Gasteiger partial charge in [0.1, 0.15) is 11.1 Å². The highest BCUT2D eigenvalue weighted by Crippen LogP contribution is 2.30. The van der Waals surface area contributed by atoms with Gasteiger partial charge in [0.15, 0.2) is 12.4 Å². The lowest BCUT2D eigenvalue weighted by molar-refractivity contribution is -0.148. The molecule has 0 aliphatic carbocycles. The quantitative estimate of drug-likeness (QED) is 0.753. The fourth-order valence-corrected chi connectivity index (χ4v) is 3.64. The van der Waals surface area contributed by atoms with Crippen LogP contribution in [0.5, 0.6) is 0 Å². The summed E-state index contributed by atoms with van der Waals surface area (Å²) in [6.07, 6.45) is -1.51. The molecule has 3 saturated heterocycles. The maximum atomic E-state index is 12.7. The number of nitrogens with zero attached hydrogens (tertiary/aromatic N) is 2. The third kappa shape index (κ3) is 3.04. The molecule has 7 heteroatoms. The second-order valence-electron chi connectivity index (χ2n) is 6.18. The number of morpholine rings is 2. The molecular formula is C17H20N2O4S. The number of fused-ring (bicyclic) bond motifs is 2. The number of ether oxygens (including phenoxy) is 3. The molecule has 3 aliphatic rings. The molecule has 0 aromatic heterocycles. The zero-order valence-electron chi connectivity index (χ0n) is 13.3. The zero-order chi connectivity index (χ0) is 16.5. The van der Waals surface area contributed by atoms with Crippen molar-refractivity contribution in [2.45, 2.75) is 25.0 Å². The minimum atomic E-state index is -0.638. The first kappa shape index (κ1) is 16.0. The number of hydrogen-bond donors (Lipinski definition) is 0. The Morgan fingerprint density at radius 2 is 1.92 bits per heavy atom. The van der Waals surface area contributed by atoms with Gasteiger partial charge < -0.3 is 24.0 Å². The molecule has 2 bridgehead atoms. The van der Waals surface area contributed by atoms with E-state index in [0.29, 0.717) is 44.4 Å². The van der Waals surface area contributed by atoms with Crippen molar-refractivity contribution < 1.29 is 19.0 Å². The highest BCUT2D eigenvalue weighted by atomic mass is 32.1. The summed E-state index contributed by atoms with van der Waals surface area (Å²) in [6, 6.07) is 10.1. The summed E-state index contributed by atoms with van der Waals surface area (Å²) in [6.45, 7) is 3.58. The molecule has 3 aliphatic heterocycles. The van der Waals surface area contributed by atoms with Gasteiger partial charge in [0.05, 0.1) is 19.8 Å². The molecule has 1 amide bonds. The van der Waals surface area contributed by atoms with Crippen LogP contribution in [-0.4, -0.2) is 72.0 Å². The third-order valence-electron chi connectivity index (χ3n) is 4.58. The molecule has 0 radical (unpaired) electrons. The first-order valence-electron chi connectivity index (χ1n) is 8.22. The monoisotopic (exact) mass is 348 g/mol. The number of hydrogen-bond acceptors (Lipinski definition) is 5. The van der Waals surface area contributed by atoms with Crippen molar-refractivity contribution in [3.63, 3.8) is 0 Å². The van der Waals surface area contributed by atoms with Gasteiger partial charge in [0.2, 0.25) is 0 Å². The van der Waals surface area contributed by atoms with E-state index in [-0.39, 0.29) is 5.91 Å². The van der Waals surface area contributed by atoms with Crippen molar-refractivity contribution in [3.8, 4) is 0 Å². The second-order valence-corrected chi connectivity index (χ2v) is 6.60. The predicted octanol–water partition coefficient (Wildman–Crippen LogP) is 0.798. The Kier molecular flexibility index (Phi) is 4.49. The molecule has 0 spiro atoms. The maximum Gasteiger partial charge on any atom is 0.255 e. The fourth-order valence-electron chi connectivity index (χ4n) is 3.32. The van der Waals surface area contributed by atoms with Crippen molar-refractivity contribution in [3.05, 3.63) is 35.9 Å². The van der Waals surface area contributed by atoms with Crippen LogP contribution in [0.1, 0.15) is 5.56 Å². The maximum absolute atomic E-state index is 12.7. The number of thiocarbonyl (C=S) groups is 1. The zero-order valence-corrected chi connectivity index (χ0v) is 14.1. The smallest absolute Gasteiger partial charge is 0.255 e. The lowest BCUT2D eigenvalue weighted by atomic mass is 10.1. The Balaban J connectivity index is 1.46. The summed E-state index contributed by atoms with van der Waals surface area (Å²) in [7, 11) is 0. The van der Waals surface area contributed by atoms with Crippen LogP contribution in [0.15, 0.2) is 30.3 Å². The average molecular weight is 348 g/mol. The number of amides is 1. The summed E-state index contributed by atoms with van der Waals surface area (Å²) in [5.41, 5.74) is 1.18. The summed E-state index contributed by atoms with van der Waals surface area (Å²) < 4.78 is 17.0. The molecule has 6 nitrogen and oxygen atoms in total. The standard InChI is InChI=1S/C17H20N2O4S/c20-16(18-6-8-21-9-7-18)14-15-17(24)19(11-13(22-14)23-15)10-12-4-2-1-3-5-12/h1-5,13-15H,6-11H2/t13-,14+,15-/m0/s1. The normalized spacial score (nSPS) is 29.8. The van der Waals surface area contributed by atoms with E-state index in [4.69, 9.17) is 26.4 Å². The van der Waals surface area contributed by atoms with Crippen LogP contribution in [0.4, 0.5) is 0 Å². The number of benzene rings is 1. The van der Waals surface area contributed by atoms with Crippen molar-refractivity contribution in [2.24, 2.45) is 0 Å². The van der Waals surface area contributed by atoms with Crippen LogP contribution in [-0.2, 0) is 25.5 Å². The topological polar surface area (TPSA) is 51.2 Å². The van der Waals surface area contributed by atoms with E-state index in [2.05, 4.69) is 17.0 Å². The molecule has 1 aromatic rings. The Labute approximate surface area is 146 Å².